The number of fused-ring (bicyclic) bond motifs is 1. The molecule has 1 aliphatic rings. The number of pyridine rings is 1. The van der Waals surface area contributed by atoms with Crippen LogP contribution in [0.3, 0.4) is 0 Å². The highest BCUT2D eigenvalue weighted by molar-refractivity contribution is 5.33. The zero-order valence-corrected chi connectivity index (χ0v) is 12.6. The monoisotopic (exact) mass is 281 g/mol. The third-order valence-corrected chi connectivity index (χ3v) is 4.24. The zero-order valence-electron chi connectivity index (χ0n) is 12.6. The second kappa shape index (κ2) is 6.83. The van der Waals surface area contributed by atoms with Gasteiger partial charge >= 0.3 is 0 Å². The minimum Gasteiger partial charge on any atom is -0.312 e. The molecule has 2 aromatic rings. The van der Waals surface area contributed by atoms with E-state index in [1.807, 2.05) is 12.3 Å². The summed E-state index contributed by atoms with van der Waals surface area (Å²) >= 11 is 0. The molecule has 1 aromatic carbocycles. The summed E-state index contributed by atoms with van der Waals surface area (Å²) in [5.41, 5.74) is 4.11. The Balaban J connectivity index is 1.70. The number of nitrogens with zero attached hydrogens (tertiary/aromatic N) is 2. The van der Waals surface area contributed by atoms with Crippen LogP contribution in [0.25, 0.3) is 0 Å². The van der Waals surface area contributed by atoms with E-state index in [0.29, 0.717) is 5.92 Å². The molecule has 110 valence electrons. The van der Waals surface area contributed by atoms with Crippen molar-refractivity contribution in [1.82, 2.24) is 15.2 Å². The van der Waals surface area contributed by atoms with Crippen LogP contribution >= 0.6 is 0 Å². The van der Waals surface area contributed by atoms with Gasteiger partial charge in [-0.3, -0.25) is 9.88 Å². The van der Waals surface area contributed by atoms with Crippen LogP contribution in [0.1, 0.15) is 29.7 Å². The molecular formula is C18H23N3. The Kier molecular flexibility index (Phi) is 4.63. The first-order valence-electron chi connectivity index (χ1n) is 7.77. The lowest BCUT2D eigenvalue weighted by Crippen LogP contribution is -2.36. The summed E-state index contributed by atoms with van der Waals surface area (Å²) in [4.78, 5) is 6.93. The summed E-state index contributed by atoms with van der Waals surface area (Å²) in [7, 11) is 0. The summed E-state index contributed by atoms with van der Waals surface area (Å²) in [5.74, 6) is 0.568. The molecule has 1 aliphatic heterocycles. The van der Waals surface area contributed by atoms with Crippen molar-refractivity contribution in [2.24, 2.45) is 0 Å². The smallest absolute Gasteiger partial charge is 0.0543 e. The summed E-state index contributed by atoms with van der Waals surface area (Å²) in [6.07, 6.45) is 1.88. The highest BCUT2D eigenvalue weighted by atomic mass is 15.1. The van der Waals surface area contributed by atoms with E-state index in [1.165, 1.54) is 11.1 Å². The Bertz CT molecular complexity index is 568. The van der Waals surface area contributed by atoms with Crippen LogP contribution in [-0.2, 0) is 13.1 Å². The molecule has 3 nitrogen and oxygen atoms in total. The first kappa shape index (κ1) is 14.2. The second-order valence-electron chi connectivity index (χ2n) is 5.68. The van der Waals surface area contributed by atoms with Crippen LogP contribution < -0.4 is 5.32 Å². The number of nitrogens with one attached hydrogen (secondary N) is 1. The normalized spacial score (nSPS) is 17.7. The predicted octanol–water partition coefficient (Wildman–Crippen LogP) is 2.79. The van der Waals surface area contributed by atoms with Gasteiger partial charge < -0.3 is 5.32 Å². The molecule has 0 amide bonds. The molecule has 0 spiro atoms. The lowest BCUT2D eigenvalue weighted by atomic mass is 9.90. The maximum atomic E-state index is 4.45. The fourth-order valence-corrected chi connectivity index (χ4v) is 3.09. The standard InChI is InChI=1S/C18H23N3/c1-2-21(14-17-8-5-6-10-20-17)13-16-12-19-11-15-7-3-4-9-18(15)16/h3-10,16,19H,2,11-14H2,1H3. The van der Waals surface area contributed by atoms with E-state index in [9.17, 15) is 0 Å². The largest absolute Gasteiger partial charge is 0.312 e. The molecule has 3 heteroatoms. The molecule has 0 saturated heterocycles. The zero-order chi connectivity index (χ0) is 14.5. The third kappa shape index (κ3) is 3.49. The fraction of sp³-hybridized carbons (Fsp3) is 0.389. The molecule has 0 aliphatic carbocycles. The predicted molar refractivity (Wildman–Crippen MR) is 86.1 cm³/mol. The molecule has 0 bridgehead atoms. The number of rotatable bonds is 5. The van der Waals surface area contributed by atoms with Crippen LogP contribution in [0.4, 0.5) is 0 Å². The quantitative estimate of drug-likeness (QED) is 0.913. The Morgan fingerprint density at radius 2 is 2.05 bits per heavy atom. The minimum atomic E-state index is 0.568. The lowest BCUT2D eigenvalue weighted by molar-refractivity contribution is 0.251. The summed E-state index contributed by atoms with van der Waals surface area (Å²) in [5, 5.41) is 3.54. The van der Waals surface area contributed by atoms with Gasteiger partial charge in [-0.1, -0.05) is 37.3 Å². The molecule has 1 N–H and O–H groups in total. The number of aromatic nitrogens is 1. The van der Waals surface area contributed by atoms with Gasteiger partial charge in [0.1, 0.15) is 0 Å². The van der Waals surface area contributed by atoms with Gasteiger partial charge in [-0.05, 0) is 29.8 Å². The van der Waals surface area contributed by atoms with Crippen LogP contribution in [0, 0.1) is 0 Å². The van der Waals surface area contributed by atoms with E-state index >= 15 is 0 Å². The van der Waals surface area contributed by atoms with Gasteiger partial charge in [-0.15, -0.1) is 0 Å². The molecule has 2 heterocycles. The highest BCUT2D eigenvalue weighted by Gasteiger charge is 2.21. The molecule has 3 rings (SSSR count). The van der Waals surface area contributed by atoms with Crippen molar-refractivity contribution in [2.45, 2.75) is 25.9 Å². The molecule has 0 radical (unpaired) electrons. The lowest BCUT2D eigenvalue weighted by Gasteiger charge is -2.31. The Morgan fingerprint density at radius 3 is 2.86 bits per heavy atom. The van der Waals surface area contributed by atoms with E-state index < -0.39 is 0 Å². The molecule has 21 heavy (non-hydrogen) atoms. The Morgan fingerprint density at radius 1 is 1.19 bits per heavy atom. The van der Waals surface area contributed by atoms with E-state index in [2.05, 4.69) is 58.5 Å². The van der Waals surface area contributed by atoms with Crippen molar-refractivity contribution >= 4 is 0 Å². The van der Waals surface area contributed by atoms with Crippen molar-refractivity contribution in [3.63, 3.8) is 0 Å². The number of likely N-dealkylation sites (N-methyl/N-ethyl adjacent to an activating group) is 1. The van der Waals surface area contributed by atoms with Crippen molar-refractivity contribution in [3.8, 4) is 0 Å². The van der Waals surface area contributed by atoms with Crippen LogP contribution in [0.2, 0.25) is 0 Å². The average molecular weight is 281 g/mol. The molecule has 1 aromatic heterocycles. The van der Waals surface area contributed by atoms with Gasteiger partial charge in [0.15, 0.2) is 0 Å². The first-order valence-corrected chi connectivity index (χ1v) is 7.77. The van der Waals surface area contributed by atoms with Gasteiger partial charge in [0, 0.05) is 38.3 Å². The van der Waals surface area contributed by atoms with Gasteiger partial charge in [0.05, 0.1) is 5.69 Å². The van der Waals surface area contributed by atoms with Gasteiger partial charge in [0.2, 0.25) is 0 Å². The van der Waals surface area contributed by atoms with Gasteiger partial charge in [-0.2, -0.15) is 0 Å². The minimum absolute atomic E-state index is 0.568. The summed E-state index contributed by atoms with van der Waals surface area (Å²) < 4.78 is 0. The van der Waals surface area contributed by atoms with E-state index in [-0.39, 0.29) is 0 Å². The Hall–Kier alpha value is -1.71. The van der Waals surface area contributed by atoms with Crippen molar-refractivity contribution in [2.75, 3.05) is 19.6 Å². The molecule has 1 atom stereocenters. The molecular weight excluding hydrogens is 258 g/mol. The maximum Gasteiger partial charge on any atom is 0.0543 e. The third-order valence-electron chi connectivity index (χ3n) is 4.24. The van der Waals surface area contributed by atoms with E-state index in [4.69, 9.17) is 0 Å². The van der Waals surface area contributed by atoms with Crippen LogP contribution in [0.15, 0.2) is 48.7 Å². The molecule has 0 fully saturated rings. The molecule has 0 saturated carbocycles. The van der Waals surface area contributed by atoms with E-state index in [0.717, 1.165) is 38.4 Å². The molecule has 1 unspecified atom stereocenters. The number of hydrogen-bond donors (Lipinski definition) is 1. The maximum absolute atomic E-state index is 4.45. The first-order chi connectivity index (χ1) is 10.4. The van der Waals surface area contributed by atoms with Crippen LogP contribution in [-0.4, -0.2) is 29.5 Å². The average Bonchev–Trinajstić information content (AvgIpc) is 2.55. The second-order valence-corrected chi connectivity index (χ2v) is 5.68. The van der Waals surface area contributed by atoms with Crippen molar-refractivity contribution in [3.05, 3.63) is 65.5 Å². The van der Waals surface area contributed by atoms with E-state index in [1.54, 1.807) is 0 Å². The number of hydrogen-bond acceptors (Lipinski definition) is 3. The summed E-state index contributed by atoms with van der Waals surface area (Å²) in [6.45, 7) is 7.35. The SMILES string of the molecule is CCN(Cc1ccccn1)CC1CNCc2ccccc21. The Labute approximate surface area is 127 Å². The van der Waals surface area contributed by atoms with Crippen molar-refractivity contribution < 1.29 is 0 Å². The fourth-order valence-electron chi connectivity index (χ4n) is 3.09. The summed E-state index contributed by atoms with van der Waals surface area (Å²) in [6, 6.07) is 15.0. The topological polar surface area (TPSA) is 28.2 Å². The highest BCUT2D eigenvalue weighted by Crippen LogP contribution is 2.24. The van der Waals surface area contributed by atoms with Gasteiger partial charge in [-0.25, -0.2) is 0 Å². The van der Waals surface area contributed by atoms with Gasteiger partial charge in [0.25, 0.3) is 0 Å². The number of benzene rings is 1. The van der Waals surface area contributed by atoms with Crippen LogP contribution in [0.5, 0.6) is 0 Å². The van der Waals surface area contributed by atoms with Crippen molar-refractivity contribution in [1.29, 1.82) is 0 Å².